The molecular formula is C19H31BN4O4. The predicted octanol–water partition coefficient (Wildman–Crippen LogP) is 1.83. The van der Waals surface area contributed by atoms with Crippen molar-refractivity contribution in [3.8, 4) is 0 Å². The Morgan fingerprint density at radius 2 is 1.71 bits per heavy atom. The summed E-state index contributed by atoms with van der Waals surface area (Å²) in [5.74, 6) is -0.957. The van der Waals surface area contributed by atoms with Crippen LogP contribution in [-0.4, -0.2) is 70.9 Å². The number of rotatable bonds is 2. The maximum absolute atomic E-state index is 12.8. The Morgan fingerprint density at radius 3 is 2.25 bits per heavy atom. The molecule has 2 fully saturated rings. The van der Waals surface area contributed by atoms with E-state index >= 15 is 0 Å². The van der Waals surface area contributed by atoms with Crippen LogP contribution in [0.2, 0.25) is 0 Å². The van der Waals surface area contributed by atoms with E-state index in [0.29, 0.717) is 0 Å². The number of anilines is 1. The average Bonchev–Trinajstić information content (AvgIpc) is 2.88. The fourth-order valence-corrected chi connectivity index (χ4v) is 2.19. The Bertz CT molecular complexity index is 1100. The van der Waals surface area contributed by atoms with Gasteiger partial charge in [-0.2, -0.15) is 0 Å². The van der Waals surface area contributed by atoms with Crippen LogP contribution >= 0.6 is 0 Å². The minimum absolute atomic E-state index is 0.0394. The highest BCUT2D eigenvalue weighted by Gasteiger charge is 2.52. The molecule has 1 aromatic rings. The van der Waals surface area contributed by atoms with E-state index in [9.17, 15) is 4.79 Å². The van der Waals surface area contributed by atoms with Gasteiger partial charge in [0.25, 0.3) is 0 Å². The van der Waals surface area contributed by atoms with E-state index in [4.69, 9.17) is 27.8 Å². The summed E-state index contributed by atoms with van der Waals surface area (Å²) in [6, 6.07) is 0. The van der Waals surface area contributed by atoms with Crippen molar-refractivity contribution in [3.63, 3.8) is 0 Å². The van der Waals surface area contributed by atoms with Crippen LogP contribution in [0.3, 0.4) is 0 Å². The van der Waals surface area contributed by atoms with E-state index in [2.05, 4.69) is 9.97 Å². The minimum Gasteiger partial charge on any atom is -0.444 e. The van der Waals surface area contributed by atoms with Crippen LogP contribution in [0.5, 0.6) is 0 Å². The van der Waals surface area contributed by atoms with Crippen molar-refractivity contribution in [2.45, 2.75) is 65.3 Å². The number of carbonyl (C=O) groups is 1. The van der Waals surface area contributed by atoms with Crippen LogP contribution in [0.1, 0.15) is 62.2 Å². The van der Waals surface area contributed by atoms with E-state index in [-0.39, 0.29) is 15.4 Å². The third-order valence-electron chi connectivity index (χ3n) is 4.36. The van der Waals surface area contributed by atoms with Gasteiger partial charge in [-0.3, -0.25) is 4.98 Å². The Morgan fingerprint density at radius 1 is 1.14 bits per heavy atom. The number of carbonyl (C=O) groups excluding carboxylic acids is 1. The Balaban J connectivity index is 2.15. The van der Waals surface area contributed by atoms with Crippen LogP contribution in [-0.2, 0) is 14.0 Å². The molecule has 0 saturated carbocycles. The zero-order chi connectivity index (χ0) is 29.7. The summed E-state index contributed by atoms with van der Waals surface area (Å²) in [6.45, 7) is -2.89. The van der Waals surface area contributed by atoms with E-state index in [0.717, 1.165) is 0 Å². The van der Waals surface area contributed by atoms with E-state index in [1.165, 1.54) is 20.8 Å². The number of ether oxygens (including phenoxy) is 1. The van der Waals surface area contributed by atoms with Gasteiger partial charge in [0.15, 0.2) is 0 Å². The van der Waals surface area contributed by atoms with Crippen molar-refractivity contribution in [2.75, 3.05) is 30.9 Å². The van der Waals surface area contributed by atoms with Crippen molar-refractivity contribution in [3.05, 3.63) is 12.3 Å². The molecule has 0 radical (unpaired) electrons. The van der Waals surface area contributed by atoms with Gasteiger partial charge in [0.2, 0.25) is 0 Å². The van der Waals surface area contributed by atoms with Gasteiger partial charge >= 0.3 is 13.2 Å². The molecule has 0 atom stereocenters. The first-order valence-corrected chi connectivity index (χ1v) is 8.77. The van der Waals surface area contributed by atoms with Crippen molar-refractivity contribution in [2.24, 2.45) is 0 Å². The zero-order valence-electron chi connectivity index (χ0n) is 27.0. The summed E-state index contributed by atoms with van der Waals surface area (Å²) in [4.78, 5) is 20.3. The van der Waals surface area contributed by atoms with E-state index in [1.54, 1.807) is 27.7 Å². The third-order valence-corrected chi connectivity index (χ3v) is 4.36. The summed E-state index contributed by atoms with van der Waals surface area (Å²) < 4.78 is 101. The topological polar surface area (TPSA) is 77.0 Å². The standard InChI is InChI=1S/C19H31BN4O4/c1-17(2,3)26-16(25)24-10-8-23(9-11-24)15-13-21-14(12-22-15)20-27-18(4,5)19(6,7)28-20/h12-13H,8-11H2,1-7H3/i8D2,9D2,10D2,11D2,12D,13D. The smallest absolute Gasteiger partial charge is 0.444 e. The molecule has 3 heterocycles. The van der Waals surface area contributed by atoms with Crippen LogP contribution in [0, 0.1) is 0 Å². The zero-order valence-corrected chi connectivity index (χ0v) is 17.0. The fraction of sp³-hybridized carbons (Fsp3) is 0.737. The van der Waals surface area contributed by atoms with Crippen molar-refractivity contribution >= 4 is 24.6 Å². The summed E-state index contributed by atoms with van der Waals surface area (Å²) in [6.07, 6.45) is -3.21. The van der Waals surface area contributed by atoms with Gasteiger partial charge in [0.05, 0.1) is 36.7 Å². The number of aromatic nitrogens is 2. The first-order chi connectivity index (χ1) is 16.7. The minimum atomic E-state index is -3.55. The Labute approximate surface area is 181 Å². The molecular weight excluding hydrogens is 359 g/mol. The number of nitrogens with zero attached hydrogens (tertiary/aromatic N) is 4. The molecule has 28 heavy (non-hydrogen) atoms. The van der Waals surface area contributed by atoms with Gasteiger partial charge in [0, 0.05) is 32.2 Å². The lowest BCUT2D eigenvalue weighted by Crippen LogP contribution is -2.50. The second-order valence-corrected chi connectivity index (χ2v) is 8.34. The van der Waals surface area contributed by atoms with Gasteiger partial charge in [-0.1, -0.05) is 0 Å². The molecule has 0 N–H and O–H groups in total. The normalized spacial score (nSPS) is 34.2. The second kappa shape index (κ2) is 7.19. The molecule has 2 aliphatic rings. The summed E-state index contributed by atoms with van der Waals surface area (Å²) >= 11 is 0. The first-order valence-electron chi connectivity index (χ1n) is 13.8. The molecule has 2 aliphatic heterocycles. The lowest BCUT2D eigenvalue weighted by atomic mass is 9.85. The molecule has 1 aromatic heterocycles. The number of amides is 1. The Hall–Kier alpha value is -1.87. The quantitative estimate of drug-likeness (QED) is 0.701. The molecule has 0 aliphatic carbocycles. The highest BCUT2D eigenvalue weighted by molar-refractivity contribution is 6.61. The molecule has 8 nitrogen and oxygen atoms in total. The molecule has 3 rings (SSSR count). The van der Waals surface area contributed by atoms with E-state index < -0.39 is 74.2 Å². The predicted molar refractivity (Wildman–Crippen MR) is 108 cm³/mol. The molecule has 2 saturated heterocycles. The number of hydrogen-bond acceptors (Lipinski definition) is 7. The Kier molecular flexibility index (Phi) is 2.91. The highest BCUT2D eigenvalue weighted by Crippen LogP contribution is 2.36. The largest absolute Gasteiger partial charge is 0.516 e. The van der Waals surface area contributed by atoms with Gasteiger partial charge in [-0.15, -0.1) is 0 Å². The fourth-order valence-electron chi connectivity index (χ4n) is 2.19. The molecule has 9 heteroatoms. The summed E-state index contributed by atoms with van der Waals surface area (Å²) in [5, 5.41) is 0. The van der Waals surface area contributed by atoms with Gasteiger partial charge in [-0.25, -0.2) is 9.78 Å². The monoisotopic (exact) mass is 400 g/mol. The maximum atomic E-state index is 12.8. The maximum Gasteiger partial charge on any atom is 0.516 e. The molecule has 0 aromatic carbocycles. The molecule has 0 bridgehead atoms. The van der Waals surface area contributed by atoms with Gasteiger partial charge in [-0.05, 0) is 48.5 Å². The SMILES string of the molecule is [2H]c1nc(N2C([2H])([2H])C([2H])([2H])N(C(=O)OC(C)(C)C)C([2H])([2H])C2([2H])[2H])c([2H])nc1B1OC(C)(C)C(C)(C)O1. The lowest BCUT2D eigenvalue weighted by molar-refractivity contribution is 0.00578. The van der Waals surface area contributed by atoms with Crippen molar-refractivity contribution in [1.82, 2.24) is 14.9 Å². The van der Waals surface area contributed by atoms with Gasteiger partial charge < -0.3 is 23.8 Å². The summed E-state index contributed by atoms with van der Waals surface area (Å²) in [5.41, 5.74) is -3.14. The number of piperazine rings is 1. The molecule has 0 unspecified atom stereocenters. The third kappa shape index (κ3) is 4.41. The molecule has 154 valence electrons. The van der Waals surface area contributed by atoms with Crippen LogP contribution in [0.25, 0.3) is 0 Å². The van der Waals surface area contributed by atoms with Crippen molar-refractivity contribution < 1.29 is 32.5 Å². The lowest BCUT2D eigenvalue weighted by Gasteiger charge is -2.36. The van der Waals surface area contributed by atoms with Crippen molar-refractivity contribution in [1.29, 1.82) is 0 Å². The molecule has 0 spiro atoms. The second-order valence-electron chi connectivity index (χ2n) is 8.34. The number of hydrogen-bond donors (Lipinski definition) is 0. The molecule has 1 amide bonds. The van der Waals surface area contributed by atoms with Crippen LogP contribution < -0.4 is 10.5 Å². The summed E-state index contributed by atoms with van der Waals surface area (Å²) in [7, 11) is -1.23. The van der Waals surface area contributed by atoms with E-state index in [1.807, 2.05) is 0 Å². The highest BCUT2D eigenvalue weighted by atomic mass is 16.7. The van der Waals surface area contributed by atoms with Gasteiger partial charge in [0.1, 0.15) is 11.4 Å². The average molecular weight is 400 g/mol. The first kappa shape index (κ1) is 11.4. The van der Waals surface area contributed by atoms with Crippen LogP contribution in [0.15, 0.2) is 12.3 Å². The van der Waals surface area contributed by atoms with Crippen LogP contribution in [0.4, 0.5) is 10.6 Å².